The minimum atomic E-state index is 1.05. The van der Waals surface area contributed by atoms with Crippen LogP contribution in [0.1, 0.15) is 0 Å². The Morgan fingerprint density at radius 1 is 1.45 bits per heavy atom. The van der Waals surface area contributed by atoms with Crippen molar-refractivity contribution >= 4 is 38.6 Å². The van der Waals surface area contributed by atoms with Gasteiger partial charge in [-0.2, -0.15) is 11.3 Å². The molecule has 0 aliphatic carbocycles. The highest BCUT2D eigenvalue weighted by Gasteiger charge is 2.04. The second kappa shape index (κ2) is 3.05. The summed E-state index contributed by atoms with van der Waals surface area (Å²) < 4.78 is 1.11. The first-order chi connectivity index (χ1) is 5.38. The fourth-order valence-electron chi connectivity index (χ4n) is 0.819. The fraction of sp³-hybridized carbons (Fsp3) is 0. The molecule has 0 radical (unpaired) electrons. The standard InChI is InChI=1S/C7H4BrNS2/c8-7-6(9-4-11-7)5-1-2-10-3-5/h1-4H. The van der Waals surface area contributed by atoms with E-state index in [-0.39, 0.29) is 0 Å². The van der Waals surface area contributed by atoms with Crippen LogP contribution < -0.4 is 0 Å². The summed E-state index contributed by atoms with van der Waals surface area (Å²) in [4.78, 5) is 4.24. The second-order valence-electron chi connectivity index (χ2n) is 1.99. The maximum absolute atomic E-state index is 4.24. The molecular weight excluding hydrogens is 242 g/mol. The molecule has 2 aromatic rings. The van der Waals surface area contributed by atoms with E-state index in [2.05, 4.69) is 37.7 Å². The van der Waals surface area contributed by atoms with Gasteiger partial charge in [0.05, 0.1) is 15.0 Å². The summed E-state index contributed by atoms with van der Waals surface area (Å²) in [6.07, 6.45) is 0. The lowest BCUT2D eigenvalue weighted by Gasteiger charge is -1.88. The van der Waals surface area contributed by atoms with Gasteiger partial charge >= 0.3 is 0 Å². The number of aromatic nitrogens is 1. The van der Waals surface area contributed by atoms with E-state index >= 15 is 0 Å². The van der Waals surface area contributed by atoms with Crippen LogP contribution in [0.15, 0.2) is 26.1 Å². The van der Waals surface area contributed by atoms with E-state index in [1.54, 1.807) is 22.7 Å². The van der Waals surface area contributed by atoms with Crippen LogP contribution in [0.4, 0.5) is 0 Å². The van der Waals surface area contributed by atoms with Crippen molar-refractivity contribution in [3.05, 3.63) is 26.1 Å². The summed E-state index contributed by atoms with van der Waals surface area (Å²) in [7, 11) is 0. The number of hydrogen-bond acceptors (Lipinski definition) is 3. The van der Waals surface area contributed by atoms with E-state index in [1.165, 1.54) is 5.56 Å². The van der Waals surface area contributed by atoms with Crippen LogP contribution in [-0.2, 0) is 0 Å². The Morgan fingerprint density at radius 2 is 2.36 bits per heavy atom. The molecule has 0 unspecified atom stereocenters. The third-order valence-electron chi connectivity index (χ3n) is 1.32. The topological polar surface area (TPSA) is 12.9 Å². The van der Waals surface area contributed by atoms with Crippen LogP contribution in [0.3, 0.4) is 0 Å². The number of halogens is 1. The van der Waals surface area contributed by atoms with Crippen LogP contribution >= 0.6 is 38.6 Å². The van der Waals surface area contributed by atoms with Crippen LogP contribution in [0.2, 0.25) is 0 Å². The zero-order valence-corrected chi connectivity index (χ0v) is 8.67. The van der Waals surface area contributed by atoms with Gasteiger partial charge in [-0.3, -0.25) is 0 Å². The Bertz CT molecular complexity index is 339. The lowest BCUT2D eigenvalue weighted by Crippen LogP contribution is -1.70. The number of thiazole rings is 1. The van der Waals surface area contributed by atoms with Crippen molar-refractivity contribution in [2.45, 2.75) is 0 Å². The zero-order chi connectivity index (χ0) is 7.68. The van der Waals surface area contributed by atoms with Crippen molar-refractivity contribution in [2.75, 3.05) is 0 Å². The third-order valence-corrected chi connectivity index (χ3v) is 3.55. The molecule has 0 atom stereocenters. The minimum absolute atomic E-state index is 1.05. The first-order valence-electron chi connectivity index (χ1n) is 2.99. The highest BCUT2D eigenvalue weighted by molar-refractivity contribution is 9.11. The van der Waals surface area contributed by atoms with Crippen LogP contribution in [0.25, 0.3) is 11.3 Å². The quantitative estimate of drug-likeness (QED) is 0.748. The number of thiophene rings is 1. The zero-order valence-electron chi connectivity index (χ0n) is 5.45. The van der Waals surface area contributed by atoms with Crippen molar-refractivity contribution in [3.63, 3.8) is 0 Å². The Labute approximate surface area is 80.9 Å². The maximum Gasteiger partial charge on any atom is 0.0977 e. The lowest BCUT2D eigenvalue weighted by atomic mass is 10.3. The SMILES string of the molecule is Brc1scnc1-c1ccsc1. The predicted octanol–water partition coefficient (Wildman–Crippen LogP) is 3.63. The summed E-state index contributed by atoms with van der Waals surface area (Å²) in [5.74, 6) is 0. The van der Waals surface area contributed by atoms with Gasteiger partial charge in [0.1, 0.15) is 0 Å². The summed E-state index contributed by atoms with van der Waals surface area (Å²) in [5, 5.41) is 4.15. The van der Waals surface area contributed by atoms with Gasteiger partial charge in [0.25, 0.3) is 0 Å². The predicted molar refractivity (Wildman–Crippen MR) is 53.1 cm³/mol. The van der Waals surface area contributed by atoms with Gasteiger partial charge < -0.3 is 0 Å². The largest absolute Gasteiger partial charge is 0.243 e. The van der Waals surface area contributed by atoms with E-state index < -0.39 is 0 Å². The molecule has 2 rings (SSSR count). The average molecular weight is 246 g/mol. The number of hydrogen-bond donors (Lipinski definition) is 0. The summed E-state index contributed by atoms with van der Waals surface area (Å²) in [6.45, 7) is 0. The summed E-state index contributed by atoms with van der Waals surface area (Å²) in [6, 6.07) is 2.07. The van der Waals surface area contributed by atoms with Crippen molar-refractivity contribution in [2.24, 2.45) is 0 Å². The molecule has 11 heavy (non-hydrogen) atoms. The first-order valence-corrected chi connectivity index (χ1v) is 5.61. The molecule has 0 aliphatic rings. The molecule has 4 heteroatoms. The van der Waals surface area contributed by atoms with Crippen LogP contribution in [0, 0.1) is 0 Å². The molecular formula is C7H4BrNS2. The molecule has 0 bridgehead atoms. The highest BCUT2D eigenvalue weighted by atomic mass is 79.9. The highest BCUT2D eigenvalue weighted by Crippen LogP contribution is 2.31. The minimum Gasteiger partial charge on any atom is -0.243 e. The average Bonchev–Trinajstić information content (AvgIpc) is 2.55. The molecule has 0 amide bonds. The lowest BCUT2D eigenvalue weighted by molar-refractivity contribution is 1.41. The van der Waals surface area contributed by atoms with E-state index in [4.69, 9.17) is 0 Å². The van der Waals surface area contributed by atoms with E-state index in [1.807, 2.05) is 5.51 Å². The van der Waals surface area contributed by atoms with Gasteiger partial charge in [0.15, 0.2) is 0 Å². The van der Waals surface area contributed by atoms with Crippen LogP contribution in [-0.4, -0.2) is 4.98 Å². The van der Waals surface area contributed by atoms with Gasteiger partial charge in [-0.15, -0.1) is 11.3 Å². The van der Waals surface area contributed by atoms with Gasteiger partial charge in [0, 0.05) is 10.9 Å². The molecule has 0 saturated carbocycles. The number of nitrogens with zero attached hydrogens (tertiary/aromatic N) is 1. The maximum atomic E-state index is 4.24. The molecule has 56 valence electrons. The molecule has 0 N–H and O–H groups in total. The molecule has 0 fully saturated rings. The first kappa shape index (κ1) is 7.46. The van der Waals surface area contributed by atoms with E-state index in [0.29, 0.717) is 0 Å². The van der Waals surface area contributed by atoms with Gasteiger partial charge in [-0.1, -0.05) is 0 Å². The Kier molecular flexibility index (Phi) is 2.07. The van der Waals surface area contributed by atoms with E-state index in [0.717, 1.165) is 9.48 Å². The smallest absolute Gasteiger partial charge is 0.0977 e. The van der Waals surface area contributed by atoms with Crippen molar-refractivity contribution in [1.29, 1.82) is 0 Å². The van der Waals surface area contributed by atoms with Crippen molar-refractivity contribution < 1.29 is 0 Å². The fourth-order valence-corrected chi connectivity index (χ4v) is 2.57. The summed E-state index contributed by atoms with van der Waals surface area (Å²) in [5.41, 5.74) is 4.09. The molecule has 0 spiro atoms. The third kappa shape index (κ3) is 1.38. The Morgan fingerprint density at radius 3 is 2.91 bits per heavy atom. The Hall–Kier alpha value is -0.190. The molecule has 2 heterocycles. The van der Waals surface area contributed by atoms with Gasteiger partial charge in [-0.05, 0) is 27.4 Å². The van der Waals surface area contributed by atoms with Crippen molar-refractivity contribution in [3.8, 4) is 11.3 Å². The van der Waals surface area contributed by atoms with Gasteiger partial charge in [0.2, 0.25) is 0 Å². The molecule has 0 aromatic carbocycles. The van der Waals surface area contributed by atoms with Crippen molar-refractivity contribution in [1.82, 2.24) is 4.98 Å². The summed E-state index contributed by atoms with van der Waals surface area (Å²) >= 11 is 6.75. The number of rotatable bonds is 1. The molecule has 0 saturated heterocycles. The monoisotopic (exact) mass is 245 g/mol. The second-order valence-corrected chi connectivity index (χ2v) is 4.94. The Balaban J connectivity index is 2.53. The van der Waals surface area contributed by atoms with E-state index in [9.17, 15) is 0 Å². The van der Waals surface area contributed by atoms with Crippen LogP contribution in [0.5, 0.6) is 0 Å². The molecule has 1 nitrogen and oxygen atoms in total. The normalized spacial score (nSPS) is 10.3. The van der Waals surface area contributed by atoms with Gasteiger partial charge in [-0.25, -0.2) is 4.98 Å². The molecule has 2 aromatic heterocycles. The molecule has 0 aliphatic heterocycles.